The number of para-hydroxylation sites is 1. The molecule has 21 heavy (non-hydrogen) atoms. The van der Waals surface area contributed by atoms with E-state index in [9.17, 15) is 8.42 Å². The zero-order valence-corrected chi connectivity index (χ0v) is 13.9. The molecule has 1 aromatic carbocycles. The van der Waals surface area contributed by atoms with E-state index in [4.69, 9.17) is 17.0 Å². The number of benzene rings is 1. The van der Waals surface area contributed by atoms with Crippen LogP contribution < -0.4 is 0 Å². The summed E-state index contributed by atoms with van der Waals surface area (Å²) in [5, 5.41) is 0. The number of aromatic nitrogens is 2. The third kappa shape index (κ3) is 3.72. The molecule has 0 aliphatic rings. The van der Waals surface area contributed by atoms with Crippen LogP contribution >= 0.6 is 12.2 Å². The van der Waals surface area contributed by atoms with Crippen molar-refractivity contribution in [1.82, 2.24) is 9.55 Å². The van der Waals surface area contributed by atoms with Crippen LogP contribution in [0, 0.1) is 4.77 Å². The second-order valence-corrected chi connectivity index (χ2v) is 7.34. The Labute approximate surface area is 129 Å². The van der Waals surface area contributed by atoms with E-state index in [0.717, 1.165) is 25.0 Å². The molecule has 0 aliphatic heterocycles. The SMILES string of the molecule is CCCCOCCn1c(=S)[nH]c2c(S(C)(=O)=O)cccc21. The zero-order valence-electron chi connectivity index (χ0n) is 12.3. The van der Waals surface area contributed by atoms with Crippen molar-refractivity contribution in [3.05, 3.63) is 23.0 Å². The molecule has 0 amide bonds. The number of imidazole rings is 1. The Morgan fingerprint density at radius 1 is 1.33 bits per heavy atom. The molecule has 0 radical (unpaired) electrons. The van der Waals surface area contributed by atoms with E-state index in [1.165, 1.54) is 6.26 Å². The van der Waals surface area contributed by atoms with E-state index in [0.29, 0.717) is 23.4 Å². The highest BCUT2D eigenvalue weighted by Crippen LogP contribution is 2.22. The third-order valence-electron chi connectivity index (χ3n) is 3.27. The van der Waals surface area contributed by atoms with Gasteiger partial charge in [-0.25, -0.2) is 8.42 Å². The number of sulfone groups is 1. The Hall–Kier alpha value is -1.18. The average Bonchev–Trinajstić information content (AvgIpc) is 2.73. The van der Waals surface area contributed by atoms with Crippen LogP contribution in [0.4, 0.5) is 0 Å². The minimum atomic E-state index is -3.29. The highest BCUT2D eigenvalue weighted by Gasteiger charge is 2.15. The van der Waals surface area contributed by atoms with E-state index in [1.54, 1.807) is 12.1 Å². The number of fused-ring (bicyclic) bond motifs is 1. The first kappa shape index (κ1) is 16.2. The quantitative estimate of drug-likeness (QED) is 0.627. The topological polar surface area (TPSA) is 64.1 Å². The summed E-state index contributed by atoms with van der Waals surface area (Å²) in [6.45, 7) is 4.02. The molecular weight excluding hydrogens is 308 g/mol. The van der Waals surface area contributed by atoms with Crippen LogP contribution in [0.5, 0.6) is 0 Å². The van der Waals surface area contributed by atoms with Crippen LogP contribution in [0.2, 0.25) is 0 Å². The Morgan fingerprint density at radius 2 is 2.10 bits per heavy atom. The van der Waals surface area contributed by atoms with Crippen molar-refractivity contribution >= 4 is 33.1 Å². The van der Waals surface area contributed by atoms with Crippen molar-refractivity contribution in [2.75, 3.05) is 19.5 Å². The molecule has 0 fully saturated rings. The van der Waals surface area contributed by atoms with Gasteiger partial charge in [-0.3, -0.25) is 0 Å². The number of nitrogens with one attached hydrogen (secondary N) is 1. The van der Waals surface area contributed by atoms with Crippen molar-refractivity contribution < 1.29 is 13.2 Å². The van der Waals surface area contributed by atoms with Gasteiger partial charge >= 0.3 is 0 Å². The van der Waals surface area contributed by atoms with Crippen molar-refractivity contribution in [3.8, 4) is 0 Å². The van der Waals surface area contributed by atoms with Gasteiger partial charge in [-0.05, 0) is 30.8 Å². The van der Waals surface area contributed by atoms with E-state index in [1.807, 2.05) is 10.6 Å². The minimum Gasteiger partial charge on any atom is -0.380 e. The van der Waals surface area contributed by atoms with Gasteiger partial charge < -0.3 is 14.3 Å². The normalized spacial score (nSPS) is 12.1. The van der Waals surface area contributed by atoms with Crippen LogP contribution in [0.25, 0.3) is 11.0 Å². The average molecular weight is 328 g/mol. The smallest absolute Gasteiger partial charge is 0.178 e. The summed E-state index contributed by atoms with van der Waals surface area (Å²) >= 11 is 5.29. The first-order valence-corrected chi connectivity index (χ1v) is 9.24. The Bertz CT molecular complexity index is 775. The number of hydrogen-bond donors (Lipinski definition) is 1. The van der Waals surface area contributed by atoms with Gasteiger partial charge in [0.15, 0.2) is 14.6 Å². The Kier molecular flexibility index (Phi) is 5.18. The summed E-state index contributed by atoms with van der Waals surface area (Å²) in [6.07, 6.45) is 3.34. The minimum absolute atomic E-state index is 0.275. The van der Waals surface area contributed by atoms with Crippen molar-refractivity contribution in [2.45, 2.75) is 31.2 Å². The van der Waals surface area contributed by atoms with Crippen LogP contribution in [-0.4, -0.2) is 37.4 Å². The maximum Gasteiger partial charge on any atom is 0.178 e. The number of aromatic amines is 1. The van der Waals surface area contributed by atoms with Gasteiger partial charge in [-0.1, -0.05) is 19.4 Å². The van der Waals surface area contributed by atoms with E-state index < -0.39 is 9.84 Å². The number of ether oxygens (including phenoxy) is 1. The molecule has 0 atom stereocenters. The van der Waals surface area contributed by atoms with Crippen molar-refractivity contribution in [3.63, 3.8) is 0 Å². The van der Waals surface area contributed by atoms with Gasteiger partial charge in [-0.2, -0.15) is 0 Å². The van der Waals surface area contributed by atoms with Gasteiger partial charge in [0.2, 0.25) is 0 Å². The van der Waals surface area contributed by atoms with Gasteiger partial charge in [-0.15, -0.1) is 0 Å². The number of hydrogen-bond acceptors (Lipinski definition) is 4. The molecule has 7 heteroatoms. The molecule has 0 saturated heterocycles. The summed E-state index contributed by atoms with van der Waals surface area (Å²) in [5.74, 6) is 0. The van der Waals surface area contributed by atoms with E-state index in [2.05, 4.69) is 11.9 Å². The molecule has 2 aromatic rings. The number of nitrogens with zero attached hydrogens (tertiary/aromatic N) is 1. The zero-order chi connectivity index (χ0) is 15.5. The molecule has 2 rings (SSSR count). The Balaban J connectivity index is 2.30. The molecule has 0 unspecified atom stereocenters. The molecular formula is C14H20N2O3S2. The lowest BCUT2D eigenvalue weighted by atomic mass is 10.3. The van der Waals surface area contributed by atoms with Gasteiger partial charge in [0.25, 0.3) is 0 Å². The van der Waals surface area contributed by atoms with Gasteiger partial charge in [0.1, 0.15) is 0 Å². The molecule has 1 heterocycles. The largest absolute Gasteiger partial charge is 0.380 e. The van der Waals surface area contributed by atoms with Crippen LogP contribution in [0.1, 0.15) is 19.8 Å². The molecule has 5 nitrogen and oxygen atoms in total. The molecule has 0 spiro atoms. The molecule has 116 valence electrons. The number of H-pyrrole nitrogens is 1. The highest BCUT2D eigenvalue weighted by molar-refractivity contribution is 7.91. The number of unbranched alkanes of at least 4 members (excludes halogenated alkanes) is 1. The predicted molar refractivity (Wildman–Crippen MR) is 86.0 cm³/mol. The lowest BCUT2D eigenvalue weighted by Gasteiger charge is -2.06. The fourth-order valence-electron chi connectivity index (χ4n) is 2.19. The van der Waals surface area contributed by atoms with Gasteiger partial charge in [0.05, 0.1) is 22.5 Å². The van der Waals surface area contributed by atoms with E-state index in [-0.39, 0.29) is 4.90 Å². The number of rotatable bonds is 7. The fourth-order valence-corrected chi connectivity index (χ4v) is 3.33. The second kappa shape index (κ2) is 6.72. The molecule has 0 saturated carbocycles. The van der Waals surface area contributed by atoms with E-state index >= 15 is 0 Å². The standard InChI is InChI=1S/C14H20N2O3S2/c1-3-4-9-19-10-8-16-11-6-5-7-12(21(2,17)18)13(11)15-14(16)20/h5-7H,3-4,8-10H2,1-2H3,(H,15,20). The monoisotopic (exact) mass is 328 g/mol. The maximum absolute atomic E-state index is 11.8. The fraction of sp³-hybridized carbons (Fsp3) is 0.500. The summed E-state index contributed by atoms with van der Waals surface area (Å²) in [5.41, 5.74) is 1.36. The lowest BCUT2D eigenvalue weighted by Crippen LogP contribution is -2.07. The van der Waals surface area contributed by atoms with Gasteiger partial charge in [0, 0.05) is 19.4 Å². The van der Waals surface area contributed by atoms with Crippen LogP contribution in [0.15, 0.2) is 23.1 Å². The summed E-state index contributed by atoms with van der Waals surface area (Å²) in [7, 11) is -3.29. The predicted octanol–water partition coefficient (Wildman–Crippen LogP) is 2.92. The summed E-state index contributed by atoms with van der Waals surface area (Å²) in [4.78, 5) is 3.27. The Morgan fingerprint density at radius 3 is 2.76 bits per heavy atom. The summed E-state index contributed by atoms with van der Waals surface area (Å²) in [6, 6.07) is 5.18. The third-order valence-corrected chi connectivity index (χ3v) is 4.73. The first-order valence-electron chi connectivity index (χ1n) is 6.94. The lowest BCUT2D eigenvalue weighted by molar-refractivity contribution is 0.124. The molecule has 0 aliphatic carbocycles. The first-order chi connectivity index (χ1) is 9.95. The molecule has 1 aromatic heterocycles. The van der Waals surface area contributed by atoms with Crippen molar-refractivity contribution in [2.24, 2.45) is 0 Å². The highest BCUT2D eigenvalue weighted by atomic mass is 32.2. The second-order valence-electron chi connectivity index (χ2n) is 4.97. The summed E-state index contributed by atoms with van der Waals surface area (Å²) < 4.78 is 31.6. The molecule has 0 bridgehead atoms. The van der Waals surface area contributed by atoms with Crippen molar-refractivity contribution in [1.29, 1.82) is 0 Å². The molecule has 1 N–H and O–H groups in total. The van der Waals surface area contributed by atoms with Crippen LogP contribution in [0.3, 0.4) is 0 Å². The van der Waals surface area contributed by atoms with Crippen LogP contribution in [-0.2, 0) is 21.1 Å². The maximum atomic E-state index is 11.8.